The maximum absolute atomic E-state index is 15.4. The lowest BCUT2D eigenvalue weighted by molar-refractivity contribution is 0.273. The Kier molecular flexibility index (Phi) is 7.86. The molecule has 0 aliphatic carbocycles. The van der Waals surface area contributed by atoms with Crippen LogP contribution in [0, 0.1) is 13.8 Å². The number of aliphatic hydroxyl groups excluding tert-OH is 2. The smallest absolute Gasteiger partial charge is 0.156 e. The van der Waals surface area contributed by atoms with Crippen LogP contribution in [-0.2, 0) is 13.2 Å². The van der Waals surface area contributed by atoms with Crippen LogP contribution in [0.5, 0.6) is 5.75 Å². The van der Waals surface area contributed by atoms with Gasteiger partial charge in [0.25, 0.3) is 0 Å². The zero-order valence-corrected chi connectivity index (χ0v) is 22.6. The summed E-state index contributed by atoms with van der Waals surface area (Å²) in [5.41, 5.74) is 8.05. The highest BCUT2D eigenvalue weighted by Gasteiger charge is 2.14. The lowest BCUT2D eigenvalue weighted by Crippen LogP contribution is -2.00. The lowest BCUT2D eigenvalue weighted by Gasteiger charge is -2.16. The fourth-order valence-corrected chi connectivity index (χ4v) is 4.82. The molecule has 0 saturated heterocycles. The molecule has 7 heteroatoms. The average Bonchev–Trinajstić information content (AvgIpc) is 2.98. The molecule has 0 unspecified atom stereocenters. The molecule has 0 bridgehead atoms. The Labute approximate surface area is 232 Å². The second-order valence-corrected chi connectivity index (χ2v) is 9.53. The van der Waals surface area contributed by atoms with Crippen LogP contribution in [0.15, 0.2) is 79.1 Å². The first-order chi connectivity index (χ1) is 19.4. The van der Waals surface area contributed by atoms with E-state index in [0.29, 0.717) is 28.2 Å². The molecule has 5 rings (SSSR count). The second kappa shape index (κ2) is 11.7. The predicted octanol–water partition coefficient (Wildman–Crippen LogP) is 7.12. The van der Waals surface area contributed by atoms with Gasteiger partial charge in [0, 0.05) is 34.6 Å². The topological polar surface area (TPSA) is 87.5 Å². The van der Waals surface area contributed by atoms with Crippen LogP contribution in [0.3, 0.4) is 0 Å². The zero-order chi connectivity index (χ0) is 28.2. The van der Waals surface area contributed by atoms with E-state index in [1.54, 1.807) is 30.6 Å². The van der Waals surface area contributed by atoms with Crippen LogP contribution in [0.4, 0.5) is 15.9 Å². The minimum Gasteiger partial charge on any atom is -0.496 e. The van der Waals surface area contributed by atoms with Crippen molar-refractivity contribution in [3.05, 3.63) is 113 Å². The predicted molar refractivity (Wildman–Crippen MR) is 158 cm³/mol. The molecule has 3 aromatic carbocycles. The van der Waals surface area contributed by atoms with Gasteiger partial charge in [-0.05, 0) is 77.6 Å². The van der Waals surface area contributed by atoms with Crippen LogP contribution in [0.2, 0.25) is 0 Å². The van der Waals surface area contributed by atoms with Gasteiger partial charge < -0.3 is 20.3 Å². The molecule has 0 amide bonds. The van der Waals surface area contributed by atoms with Crippen LogP contribution in [0.25, 0.3) is 33.9 Å². The SMILES string of the molecule is COc1cc(/C(F)=C/c2cccc(-c3cccc(Nc4nccc5cc(CO)cnc45)c3C)c2C)ccc1CO. The maximum atomic E-state index is 15.4. The highest BCUT2D eigenvalue weighted by molar-refractivity contribution is 5.91. The standard InChI is InChI=1S/C33H30FN3O3/c1-20-23(15-29(34)24-10-11-26(19-39)31(16-24)40-3)6-4-7-27(20)28-8-5-9-30(21(28)2)37-33-32-25(12-13-35-33)14-22(18-38)17-36-32/h4-17,38-39H,18-19H2,1-3H3,(H,35,37)/b29-15-. The number of nitrogens with zero attached hydrogens (tertiary/aromatic N) is 2. The van der Waals surface area contributed by atoms with Crippen LogP contribution in [0.1, 0.15) is 33.4 Å². The number of pyridine rings is 2. The number of rotatable bonds is 8. The highest BCUT2D eigenvalue weighted by atomic mass is 19.1. The van der Waals surface area contributed by atoms with Gasteiger partial charge in [-0.25, -0.2) is 9.37 Å². The average molecular weight is 536 g/mol. The van der Waals surface area contributed by atoms with Gasteiger partial charge in [0.05, 0.1) is 20.3 Å². The fourth-order valence-electron chi connectivity index (χ4n) is 4.82. The van der Waals surface area contributed by atoms with Crippen molar-refractivity contribution in [2.24, 2.45) is 0 Å². The molecular weight excluding hydrogens is 505 g/mol. The van der Waals surface area contributed by atoms with Crippen molar-refractivity contribution in [3.63, 3.8) is 0 Å². The van der Waals surface area contributed by atoms with Crippen molar-refractivity contribution >= 4 is 34.3 Å². The van der Waals surface area contributed by atoms with Crippen LogP contribution >= 0.6 is 0 Å². The summed E-state index contributed by atoms with van der Waals surface area (Å²) in [5.74, 6) is 0.674. The molecule has 0 spiro atoms. The monoisotopic (exact) mass is 535 g/mol. The van der Waals surface area contributed by atoms with Gasteiger partial charge in [-0.2, -0.15) is 0 Å². The molecule has 0 saturated carbocycles. The number of ether oxygens (including phenoxy) is 1. The summed E-state index contributed by atoms with van der Waals surface area (Å²) in [6.45, 7) is 3.77. The normalized spacial score (nSPS) is 11.6. The third-order valence-corrected chi connectivity index (χ3v) is 7.11. The van der Waals surface area contributed by atoms with Crippen molar-refractivity contribution in [2.45, 2.75) is 27.1 Å². The van der Waals surface area contributed by atoms with E-state index >= 15 is 4.39 Å². The van der Waals surface area contributed by atoms with Crippen molar-refractivity contribution in [3.8, 4) is 16.9 Å². The summed E-state index contributed by atoms with van der Waals surface area (Å²) in [5, 5.41) is 23.2. The first kappa shape index (κ1) is 27.0. The van der Waals surface area contributed by atoms with Crippen molar-refractivity contribution < 1.29 is 19.3 Å². The maximum Gasteiger partial charge on any atom is 0.156 e. The Balaban J connectivity index is 1.49. The Morgan fingerprint density at radius 2 is 1.70 bits per heavy atom. The summed E-state index contributed by atoms with van der Waals surface area (Å²) in [4.78, 5) is 9.02. The number of aromatic nitrogens is 2. The lowest BCUT2D eigenvalue weighted by atomic mass is 9.92. The third-order valence-electron chi connectivity index (χ3n) is 7.11. The van der Waals surface area contributed by atoms with E-state index in [4.69, 9.17) is 4.74 Å². The minimum absolute atomic E-state index is 0.0726. The van der Waals surface area contributed by atoms with Gasteiger partial charge >= 0.3 is 0 Å². The third kappa shape index (κ3) is 5.30. The van der Waals surface area contributed by atoms with E-state index in [-0.39, 0.29) is 13.2 Å². The number of fused-ring (bicyclic) bond motifs is 1. The molecule has 3 N–H and O–H groups in total. The largest absolute Gasteiger partial charge is 0.496 e. The van der Waals surface area contributed by atoms with Gasteiger partial charge in [0.15, 0.2) is 5.82 Å². The fraction of sp³-hybridized carbons (Fsp3) is 0.152. The summed E-state index contributed by atoms with van der Waals surface area (Å²) in [7, 11) is 1.50. The summed E-state index contributed by atoms with van der Waals surface area (Å²) < 4.78 is 20.7. The van der Waals surface area contributed by atoms with E-state index < -0.39 is 5.83 Å². The van der Waals surface area contributed by atoms with E-state index in [0.717, 1.165) is 44.5 Å². The number of aliphatic hydroxyl groups is 2. The first-order valence-electron chi connectivity index (χ1n) is 12.9. The molecule has 0 atom stereocenters. The summed E-state index contributed by atoms with van der Waals surface area (Å²) in [6, 6.07) is 20.5. The molecule has 0 radical (unpaired) electrons. The number of benzene rings is 3. The number of hydrogen-bond acceptors (Lipinski definition) is 6. The number of hydrogen-bond donors (Lipinski definition) is 3. The first-order valence-corrected chi connectivity index (χ1v) is 12.9. The Morgan fingerprint density at radius 3 is 2.45 bits per heavy atom. The Bertz CT molecular complexity index is 1730. The number of nitrogens with one attached hydrogen (secondary N) is 1. The van der Waals surface area contributed by atoms with Gasteiger partial charge in [0.2, 0.25) is 0 Å². The van der Waals surface area contributed by atoms with E-state index in [2.05, 4.69) is 15.3 Å². The van der Waals surface area contributed by atoms with Gasteiger partial charge in [-0.1, -0.05) is 42.5 Å². The molecule has 0 aliphatic heterocycles. The zero-order valence-electron chi connectivity index (χ0n) is 22.6. The van der Waals surface area contributed by atoms with E-state index in [1.165, 1.54) is 13.2 Å². The molecule has 2 heterocycles. The Morgan fingerprint density at radius 1 is 0.925 bits per heavy atom. The molecule has 0 aliphatic rings. The highest BCUT2D eigenvalue weighted by Crippen LogP contribution is 2.35. The molecule has 5 aromatic rings. The van der Waals surface area contributed by atoms with Gasteiger partial charge in [-0.15, -0.1) is 0 Å². The number of halogens is 1. The van der Waals surface area contributed by atoms with Gasteiger partial charge in [0.1, 0.15) is 17.1 Å². The molecule has 202 valence electrons. The molecule has 40 heavy (non-hydrogen) atoms. The quantitative estimate of drug-likeness (QED) is 0.183. The Hall–Kier alpha value is -4.59. The molecule has 0 fully saturated rings. The second-order valence-electron chi connectivity index (χ2n) is 9.53. The van der Waals surface area contributed by atoms with E-state index in [1.807, 2.05) is 62.4 Å². The molecule has 2 aromatic heterocycles. The van der Waals surface area contributed by atoms with Crippen LogP contribution in [-0.4, -0.2) is 27.3 Å². The van der Waals surface area contributed by atoms with Crippen molar-refractivity contribution in [2.75, 3.05) is 12.4 Å². The minimum atomic E-state index is -0.394. The van der Waals surface area contributed by atoms with Crippen molar-refractivity contribution in [1.29, 1.82) is 0 Å². The van der Waals surface area contributed by atoms with Gasteiger partial charge in [-0.3, -0.25) is 4.98 Å². The summed E-state index contributed by atoms with van der Waals surface area (Å²) >= 11 is 0. The van der Waals surface area contributed by atoms with E-state index in [9.17, 15) is 10.2 Å². The molecular formula is C33H30FN3O3. The molecule has 6 nitrogen and oxygen atoms in total. The summed E-state index contributed by atoms with van der Waals surface area (Å²) in [6.07, 6.45) is 4.89. The number of anilines is 2. The van der Waals surface area contributed by atoms with Crippen molar-refractivity contribution in [1.82, 2.24) is 9.97 Å². The van der Waals surface area contributed by atoms with Crippen LogP contribution < -0.4 is 10.1 Å². The number of methoxy groups -OCH3 is 1.